The number of hydrogen-bond acceptors (Lipinski definition) is 3. The highest BCUT2D eigenvalue weighted by Gasteiger charge is 2.14. The standard InChI is InChI=1S/C12H18N2S2/c1-10(2)14(9-16)12(13-8-15)11-6-4-3-5-7-11/h3-7,10,15-16H,8-9H2,1-2H3. The fourth-order valence-corrected chi connectivity index (χ4v) is 2.07. The molecule has 0 aliphatic heterocycles. The first-order valence-corrected chi connectivity index (χ1v) is 6.55. The molecule has 16 heavy (non-hydrogen) atoms. The summed E-state index contributed by atoms with van der Waals surface area (Å²) in [6.07, 6.45) is 0. The molecule has 0 unspecified atom stereocenters. The van der Waals surface area contributed by atoms with E-state index in [0.717, 1.165) is 11.4 Å². The number of rotatable bonds is 4. The molecule has 0 spiro atoms. The minimum Gasteiger partial charge on any atom is -0.345 e. The van der Waals surface area contributed by atoms with Crippen molar-refractivity contribution >= 4 is 31.1 Å². The zero-order chi connectivity index (χ0) is 12.0. The van der Waals surface area contributed by atoms with Crippen LogP contribution in [0.1, 0.15) is 19.4 Å². The third kappa shape index (κ3) is 3.46. The molecule has 0 fully saturated rings. The van der Waals surface area contributed by atoms with Crippen molar-refractivity contribution in [1.82, 2.24) is 4.90 Å². The van der Waals surface area contributed by atoms with Crippen LogP contribution in [-0.4, -0.2) is 28.5 Å². The van der Waals surface area contributed by atoms with Gasteiger partial charge in [-0.15, -0.1) is 0 Å². The Morgan fingerprint density at radius 2 is 1.88 bits per heavy atom. The summed E-state index contributed by atoms with van der Waals surface area (Å²) in [5.74, 6) is 2.10. The quantitative estimate of drug-likeness (QED) is 0.365. The summed E-state index contributed by atoms with van der Waals surface area (Å²) in [7, 11) is 0. The Balaban J connectivity index is 3.05. The van der Waals surface area contributed by atoms with Crippen LogP contribution in [-0.2, 0) is 0 Å². The summed E-state index contributed by atoms with van der Waals surface area (Å²) in [6.45, 7) is 4.26. The number of thiol groups is 2. The van der Waals surface area contributed by atoms with Crippen LogP contribution in [0.4, 0.5) is 0 Å². The van der Waals surface area contributed by atoms with Gasteiger partial charge in [-0.2, -0.15) is 25.3 Å². The molecule has 0 saturated heterocycles. The van der Waals surface area contributed by atoms with Gasteiger partial charge in [0.05, 0.1) is 11.8 Å². The molecule has 1 aromatic rings. The minimum atomic E-state index is 0.372. The Morgan fingerprint density at radius 3 is 2.31 bits per heavy atom. The number of aliphatic imine (C=N–C) groups is 1. The lowest BCUT2D eigenvalue weighted by Crippen LogP contribution is -2.36. The van der Waals surface area contributed by atoms with E-state index in [0.29, 0.717) is 17.8 Å². The molecule has 0 bridgehead atoms. The fraction of sp³-hybridized carbons (Fsp3) is 0.417. The van der Waals surface area contributed by atoms with E-state index in [4.69, 9.17) is 0 Å². The van der Waals surface area contributed by atoms with E-state index in [1.165, 1.54) is 0 Å². The van der Waals surface area contributed by atoms with Gasteiger partial charge in [-0.3, -0.25) is 4.99 Å². The molecule has 0 aliphatic carbocycles. The molecule has 4 heteroatoms. The van der Waals surface area contributed by atoms with E-state index in [-0.39, 0.29) is 0 Å². The minimum absolute atomic E-state index is 0.372. The van der Waals surface area contributed by atoms with Gasteiger partial charge in [-0.25, -0.2) is 0 Å². The molecule has 0 saturated carbocycles. The molecular weight excluding hydrogens is 236 g/mol. The van der Waals surface area contributed by atoms with Gasteiger partial charge in [0.25, 0.3) is 0 Å². The first-order chi connectivity index (χ1) is 7.70. The van der Waals surface area contributed by atoms with Crippen LogP contribution < -0.4 is 0 Å². The van der Waals surface area contributed by atoms with Crippen LogP contribution >= 0.6 is 25.3 Å². The average molecular weight is 254 g/mol. The summed E-state index contributed by atoms with van der Waals surface area (Å²) in [5, 5.41) is 0. The van der Waals surface area contributed by atoms with Crippen LogP contribution in [0.25, 0.3) is 0 Å². The molecule has 88 valence electrons. The summed E-state index contributed by atoms with van der Waals surface area (Å²) < 4.78 is 0. The summed E-state index contributed by atoms with van der Waals surface area (Å²) in [6, 6.07) is 10.5. The first kappa shape index (κ1) is 13.5. The summed E-state index contributed by atoms with van der Waals surface area (Å²) >= 11 is 8.53. The molecule has 2 nitrogen and oxygen atoms in total. The molecule has 1 aromatic carbocycles. The fourth-order valence-electron chi connectivity index (χ4n) is 1.48. The van der Waals surface area contributed by atoms with E-state index >= 15 is 0 Å². The lowest BCUT2D eigenvalue weighted by atomic mass is 10.2. The van der Waals surface area contributed by atoms with Crippen molar-refractivity contribution < 1.29 is 0 Å². The topological polar surface area (TPSA) is 15.6 Å². The number of amidine groups is 1. The van der Waals surface area contributed by atoms with Gasteiger partial charge in [-0.05, 0) is 13.8 Å². The highest BCUT2D eigenvalue weighted by atomic mass is 32.1. The van der Waals surface area contributed by atoms with Crippen LogP contribution in [0.5, 0.6) is 0 Å². The molecule has 0 aromatic heterocycles. The third-order valence-electron chi connectivity index (χ3n) is 2.30. The predicted molar refractivity (Wildman–Crippen MR) is 77.7 cm³/mol. The Bertz CT molecular complexity index is 336. The van der Waals surface area contributed by atoms with Gasteiger partial charge in [-0.1, -0.05) is 30.3 Å². The zero-order valence-electron chi connectivity index (χ0n) is 9.67. The zero-order valence-corrected chi connectivity index (χ0v) is 11.5. The number of benzene rings is 1. The molecule has 0 radical (unpaired) electrons. The highest BCUT2D eigenvalue weighted by Crippen LogP contribution is 2.10. The molecule has 0 heterocycles. The second-order valence-electron chi connectivity index (χ2n) is 3.69. The molecule has 0 atom stereocenters. The largest absolute Gasteiger partial charge is 0.345 e. The number of hydrogen-bond donors (Lipinski definition) is 2. The van der Waals surface area contributed by atoms with Crippen molar-refractivity contribution in [3.8, 4) is 0 Å². The Kier molecular flexibility index (Phi) is 5.77. The van der Waals surface area contributed by atoms with Gasteiger partial charge >= 0.3 is 0 Å². The van der Waals surface area contributed by atoms with Gasteiger partial charge in [0.2, 0.25) is 0 Å². The average Bonchev–Trinajstić information content (AvgIpc) is 2.29. The summed E-state index contributed by atoms with van der Waals surface area (Å²) in [4.78, 5) is 6.59. The van der Waals surface area contributed by atoms with E-state index < -0.39 is 0 Å². The maximum atomic E-state index is 4.44. The van der Waals surface area contributed by atoms with Crippen molar-refractivity contribution in [2.24, 2.45) is 4.99 Å². The van der Waals surface area contributed by atoms with Crippen LogP contribution in [0.3, 0.4) is 0 Å². The lowest BCUT2D eigenvalue weighted by molar-refractivity contribution is 0.404. The van der Waals surface area contributed by atoms with E-state index in [9.17, 15) is 0 Å². The van der Waals surface area contributed by atoms with Crippen molar-refractivity contribution in [3.63, 3.8) is 0 Å². The second kappa shape index (κ2) is 6.86. The van der Waals surface area contributed by atoms with Crippen LogP contribution in [0.2, 0.25) is 0 Å². The first-order valence-electron chi connectivity index (χ1n) is 5.29. The van der Waals surface area contributed by atoms with Crippen molar-refractivity contribution in [3.05, 3.63) is 35.9 Å². The Labute approximate surface area is 109 Å². The maximum Gasteiger partial charge on any atom is 0.132 e. The smallest absolute Gasteiger partial charge is 0.132 e. The van der Waals surface area contributed by atoms with Crippen LogP contribution in [0, 0.1) is 0 Å². The van der Waals surface area contributed by atoms with E-state index in [1.54, 1.807) is 0 Å². The summed E-state index contributed by atoms with van der Waals surface area (Å²) in [5.41, 5.74) is 1.11. The lowest BCUT2D eigenvalue weighted by Gasteiger charge is -2.28. The number of nitrogens with zero attached hydrogens (tertiary/aromatic N) is 2. The second-order valence-corrected chi connectivity index (χ2v) is 4.26. The van der Waals surface area contributed by atoms with Gasteiger partial charge in [0.15, 0.2) is 0 Å². The van der Waals surface area contributed by atoms with Gasteiger partial charge in [0.1, 0.15) is 5.84 Å². The Morgan fingerprint density at radius 1 is 1.25 bits per heavy atom. The van der Waals surface area contributed by atoms with E-state index in [2.05, 4.69) is 61.1 Å². The molecule has 0 aliphatic rings. The van der Waals surface area contributed by atoms with Gasteiger partial charge < -0.3 is 4.90 Å². The molecule has 0 N–H and O–H groups in total. The maximum absolute atomic E-state index is 4.44. The Hall–Kier alpha value is -0.610. The third-order valence-corrected chi connectivity index (χ3v) is 2.75. The van der Waals surface area contributed by atoms with Crippen molar-refractivity contribution in [1.29, 1.82) is 0 Å². The van der Waals surface area contributed by atoms with Gasteiger partial charge in [0, 0.05) is 11.6 Å². The monoisotopic (exact) mass is 254 g/mol. The normalized spacial score (nSPS) is 11.9. The van der Waals surface area contributed by atoms with Crippen molar-refractivity contribution in [2.75, 3.05) is 11.8 Å². The van der Waals surface area contributed by atoms with E-state index in [1.807, 2.05) is 18.2 Å². The molecular formula is C12H18N2S2. The van der Waals surface area contributed by atoms with Crippen molar-refractivity contribution in [2.45, 2.75) is 19.9 Å². The highest BCUT2D eigenvalue weighted by molar-refractivity contribution is 7.80. The SMILES string of the molecule is CC(C)N(CS)C(=NCS)c1ccccc1. The predicted octanol–water partition coefficient (Wildman–Crippen LogP) is 2.92. The van der Waals surface area contributed by atoms with Crippen LogP contribution in [0.15, 0.2) is 35.3 Å². The molecule has 0 amide bonds. The molecule has 1 rings (SSSR count).